The molecule has 0 unspecified atom stereocenters. The molecule has 1 aliphatic heterocycles. The summed E-state index contributed by atoms with van der Waals surface area (Å²) in [6.07, 6.45) is 0. The number of carbonyl (C=O) groups excluding carboxylic acids is 1. The molecule has 18 heavy (non-hydrogen) atoms. The van der Waals surface area contributed by atoms with Crippen LogP contribution in [0.2, 0.25) is 0 Å². The molecule has 0 bridgehead atoms. The lowest BCUT2D eigenvalue weighted by atomic mass is 10.3. The molecular weight excluding hydrogens is 342 g/mol. The van der Waals surface area contributed by atoms with E-state index in [2.05, 4.69) is 15.9 Å². The standard InChI is InChI=1S/C9H12BrN3O3S2/c10-7-1-6-17-8(7)9(14)12-2-4-13(5-3-12)18(11,15)16/h1,6H,2-5H2,(H2,11,15,16). The van der Waals surface area contributed by atoms with Gasteiger partial charge in [-0.2, -0.15) is 12.7 Å². The maximum atomic E-state index is 12.1. The van der Waals surface area contributed by atoms with Crippen LogP contribution in [0, 0.1) is 0 Å². The first kappa shape index (κ1) is 13.9. The van der Waals surface area contributed by atoms with Crippen LogP contribution >= 0.6 is 27.3 Å². The van der Waals surface area contributed by atoms with Crippen molar-refractivity contribution in [1.82, 2.24) is 9.21 Å². The highest BCUT2D eigenvalue weighted by Crippen LogP contribution is 2.24. The minimum absolute atomic E-state index is 0.0778. The summed E-state index contributed by atoms with van der Waals surface area (Å²) in [6.45, 7) is 1.21. The fourth-order valence-corrected chi connectivity index (χ4v) is 3.92. The van der Waals surface area contributed by atoms with Crippen molar-refractivity contribution >= 4 is 43.4 Å². The lowest BCUT2D eigenvalue weighted by molar-refractivity contribution is 0.0702. The summed E-state index contributed by atoms with van der Waals surface area (Å²) in [5.41, 5.74) is 0. The molecule has 0 aliphatic carbocycles. The second-order valence-corrected chi connectivity index (χ2v) is 7.15. The van der Waals surface area contributed by atoms with Crippen LogP contribution in [0.25, 0.3) is 0 Å². The highest BCUT2D eigenvalue weighted by molar-refractivity contribution is 9.10. The number of rotatable bonds is 2. The van der Waals surface area contributed by atoms with Gasteiger partial charge in [-0.3, -0.25) is 4.79 Å². The summed E-state index contributed by atoms with van der Waals surface area (Å²) in [6, 6.07) is 1.82. The van der Waals surface area contributed by atoms with Crippen LogP contribution in [0.3, 0.4) is 0 Å². The fraction of sp³-hybridized carbons (Fsp3) is 0.444. The highest BCUT2D eigenvalue weighted by Gasteiger charge is 2.28. The summed E-state index contributed by atoms with van der Waals surface area (Å²) in [5, 5.41) is 6.87. The SMILES string of the molecule is NS(=O)(=O)N1CCN(C(=O)c2sccc2Br)CC1. The van der Waals surface area contributed by atoms with Gasteiger partial charge >= 0.3 is 0 Å². The van der Waals surface area contributed by atoms with Crippen molar-refractivity contribution in [3.05, 3.63) is 20.8 Å². The Bertz CT molecular complexity index is 549. The fourth-order valence-electron chi connectivity index (χ4n) is 1.74. The second-order valence-electron chi connectivity index (χ2n) is 3.83. The zero-order valence-electron chi connectivity index (χ0n) is 9.37. The van der Waals surface area contributed by atoms with Crippen LogP contribution in [-0.2, 0) is 10.2 Å². The number of carbonyl (C=O) groups is 1. The van der Waals surface area contributed by atoms with Crippen molar-refractivity contribution in [3.8, 4) is 0 Å². The topological polar surface area (TPSA) is 83.7 Å². The van der Waals surface area contributed by atoms with E-state index in [1.54, 1.807) is 4.90 Å². The lowest BCUT2D eigenvalue weighted by Gasteiger charge is -2.32. The van der Waals surface area contributed by atoms with E-state index in [1.807, 2.05) is 11.4 Å². The van der Waals surface area contributed by atoms with Gasteiger partial charge in [0.15, 0.2) is 0 Å². The number of hydrogen-bond acceptors (Lipinski definition) is 4. The second kappa shape index (κ2) is 5.25. The molecule has 2 rings (SSSR count). The van der Waals surface area contributed by atoms with Gasteiger partial charge in [-0.1, -0.05) is 0 Å². The molecule has 0 atom stereocenters. The van der Waals surface area contributed by atoms with Crippen LogP contribution in [0.15, 0.2) is 15.9 Å². The van der Waals surface area contributed by atoms with Gasteiger partial charge in [0.05, 0.1) is 0 Å². The molecule has 2 heterocycles. The summed E-state index contributed by atoms with van der Waals surface area (Å²) in [5.74, 6) is -0.0778. The van der Waals surface area contributed by atoms with Gasteiger partial charge in [-0.15, -0.1) is 11.3 Å². The third-order valence-corrected chi connectivity index (χ3v) is 5.61. The molecule has 0 saturated carbocycles. The summed E-state index contributed by atoms with van der Waals surface area (Å²) < 4.78 is 24.2. The number of hydrogen-bond donors (Lipinski definition) is 1. The minimum atomic E-state index is -3.65. The van der Waals surface area contributed by atoms with Crippen LogP contribution in [0.1, 0.15) is 9.67 Å². The van der Waals surface area contributed by atoms with Crippen molar-refractivity contribution < 1.29 is 13.2 Å². The molecule has 6 nitrogen and oxygen atoms in total. The van der Waals surface area contributed by atoms with Crippen LogP contribution in [0.4, 0.5) is 0 Å². The van der Waals surface area contributed by atoms with E-state index in [1.165, 1.54) is 15.6 Å². The van der Waals surface area contributed by atoms with E-state index in [9.17, 15) is 13.2 Å². The van der Waals surface area contributed by atoms with Gasteiger partial charge in [-0.05, 0) is 27.4 Å². The van der Waals surface area contributed by atoms with Gasteiger partial charge in [0, 0.05) is 30.7 Å². The predicted molar refractivity (Wildman–Crippen MR) is 72.6 cm³/mol. The van der Waals surface area contributed by atoms with Gasteiger partial charge in [0.25, 0.3) is 16.1 Å². The molecule has 0 aromatic carbocycles. The third-order valence-electron chi connectivity index (χ3n) is 2.70. The van der Waals surface area contributed by atoms with Crippen molar-refractivity contribution in [2.45, 2.75) is 0 Å². The molecule has 1 aliphatic rings. The summed E-state index contributed by atoms with van der Waals surface area (Å²) >= 11 is 4.68. The monoisotopic (exact) mass is 353 g/mol. The average Bonchev–Trinajstić information content (AvgIpc) is 2.73. The van der Waals surface area contributed by atoms with Crippen LogP contribution in [0.5, 0.6) is 0 Å². The number of piperazine rings is 1. The minimum Gasteiger partial charge on any atom is -0.335 e. The van der Waals surface area contributed by atoms with E-state index in [-0.39, 0.29) is 19.0 Å². The Kier molecular flexibility index (Phi) is 4.07. The molecule has 1 aromatic heterocycles. The van der Waals surface area contributed by atoms with Crippen molar-refractivity contribution in [2.24, 2.45) is 5.14 Å². The average molecular weight is 354 g/mol. The molecule has 0 spiro atoms. The molecule has 2 N–H and O–H groups in total. The Morgan fingerprint density at radius 3 is 2.39 bits per heavy atom. The first-order chi connectivity index (χ1) is 8.39. The lowest BCUT2D eigenvalue weighted by Crippen LogP contribution is -2.52. The molecule has 9 heteroatoms. The van der Waals surface area contributed by atoms with Gasteiger partial charge in [0.2, 0.25) is 0 Å². The van der Waals surface area contributed by atoms with Gasteiger partial charge in [-0.25, -0.2) is 5.14 Å². The normalized spacial score (nSPS) is 18.0. The van der Waals surface area contributed by atoms with Crippen molar-refractivity contribution in [3.63, 3.8) is 0 Å². The van der Waals surface area contributed by atoms with Gasteiger partial charge < -0.3 is 4.90 Å². The van der Waals surface area contributed by atoms with Crippen LogP contribution < -0.4 is 5.14 Å². The Morgan fingerprint density at radius 1 is 1.33 bits per heavy atom. The molecule has 100 valence electrons. The molecule has 0 radical (unpaired) electrons. The van der Waals surface area contributed by atoms with E-state index < -0.39 is 10.2 Å². The Balaban J connectivity index is 2.03. The molecule has 1 saturated heterocycles. The largest absolute Gasteiger partial charge is 0.335 e. The van der Waals surface area contributed by atoms with E-state index >= 15 is 0 Å². The summed E-state index contributed by atoms with van der Waals surface area (Å²) in [7, 11) is -3.65. The van der Waals surface area contributed by atoms with Crippen LogP contribution in [-0.4, -0.2) is 49.7 Å². The predicted octanol–water partition coefficient (Wildman–Crippen LogP) is 0.472. The van der Waals surface area contributed by atoms with E-state index in [0.29, 0.717) is 18.0 Å². The quantitative estimate of drug-likeness (QED) is 0.838. The molecule has 1 fully saturated rings. The highest BCUT2D eigenvalue weighted by atomic mass is 79.9. The zero-order valence-corrected chi connectivity index (χ0v) is 12.6. The summed E-state index contributed by atoms with van der Waals surface area (Å²) in [4.78, 5) is 14.4. The molecule has 1 amide bonds. The number of nitrogens with two attached hydrogens (primary N) is 1. The smallest absolute Gasteiger partial charge is 0.277 e. The first-order valence-electron chi connectivity index (χ1n) is 5.20. The number of thiophene rings is 1. The Labute approximate surface area is 118 Å². The first-order valence-corrected chi connectivity index (χ1v) is 8.37. The number of halogens is 1. The van der Waals surface area contributed by atoms with Crippen molar-refractivity contribution in [2.75, 3.05) is 26.2 Å². The van der Waals surface area contributed by atoms with E-state index in [0.717, 1.165) is 4.47 Å². The Morgan fingerprint density at radius 2 is 1.94 bits per heavy atom. The third kappa shape index (κ3) is 2.91. The zero-order chi connectivity index (χ0) is 13.3. The maximum absolute atomic E-state index is 12.1. The van der Waals surface area contributed by atoms with Crippen molar-refractivity contribution in [1.29, 1.82) is 0 Å². The van der Waals surface area contributed by atoms with E-state index in [4.69, 9.17) is 5.14 Å². The number of nitrogens with zero attached hydrogens (tertiary/aromatic N) is 2. The maximum Gasteiger partial charge on any atom is 0.277 e. The molecular formula is C9H12BrN3O3S2. The van der Waals surface area contributed by atoms with Gasteiger partial charge in [0.1, 0.15) is 4.88 Å². The Hall–Kier alpha value is -0.480. The molecule has 1 aromatic rings. The number of amides is 1.